The fourth-order valence-corrected chi connectivity index (χ4v) is 0.696. The van der Waals surface area contributed by atoms with Crippen LogP contribution in [0.1, 0.15) is 20.3 Å². The lowest BCUT2D eigenvalue weighted by molar-refractivity contribution is -0.156. The smallest absolute Gasteiger partial charge is 0.480 e. The van der Waals surface area contributed by atoms with Gasteiger partial charge >= 0.3 is 18.1 Å². The topological polar surface area (TPSA) is 125 Å². The first kappa shape index (κ1) is 15.2. The standard InChI is InChI=1S/C9H15NO7/c1-5(2)17-9(14)16-4-15-7(11)3-6(10)8(12)13/h5-6H,3-4,10H2,1-2H3,(H,12,13)/t6-/m0/s1. The maximum atomic E-state index is 11.0. The minimum atomic E-state index is -1.34. The molecule has 0 unspecified atom stereocenters. The Hall–Kier alpha value is -1.83. The third-order valence-corrected chi connectivity index (χ3v) is 1.43. The molecule has 0 heterocycles. The zero-order valence-electron chi connectivity index (χ0n) is 9.54. The molecular weight excluding hydrogens is 234 g/mol. The van der Waals surface area contributed by atoms with Crippen LogP contribution in [0, 0.1) is 0 Å². The van der Waals surface area contributed by atoms with Crippen LogP contribution in [-0.4, -0.2) is 42.1 Å². The first-order valence-electron chi connectivity index (χ1n) is 4.80. The highest BCUT2D eigenvalue weighted by Gasteiger charge is 2.17. The van der Waals surface area contributed by atoms with Gasteiger partial charge in [0.15, 0.2) is 0 Å². The SMILES string of the molecule is CC(C)OC(=O)OCOC(=O)C[C@H](N)C(=O)O. The normalized spacial score (nSPS) is 11.8. The Balaban J connectivity index is 3.71. The number of carboxylic acid groups (broad SMARTS) is 1. The first-order chi connectivity index (χ1) is 7.82. The highest BCUT2D eigenvalue weighted by molar-refractivity contribution is 5.81. The Morgan fingerprint density at radius 1 is 1.24 bits per heavy atom. The lowest BCUT2D eigenvalue weighted by Gasteiger charge is -2.09. The van der Waals surface area contributed by atoms with Gasteiger partial charge in [0.1, 0.15) is 6.04 Å². The fraction of sp³-hybridized carbons (Fsp3) is 0.667. The summed E-state index contributed by atoms with van der Waals surface area (Å²) in [6, 6.07) is -1.34. The van der Waals surface area contributed by atoms with Crippen LogP contribution in [0.4, 0.5) is 4.79 Å². The molecular formula is C9H15NO7. The highest BCUT2D eigenvalue weighted by atomic mass is 16.8. The van der Waals surface area contributed by atoms with E-state index in [2.05, 4.69) is 14.2 Å². The lowest BCUT2D eigenvalue weighted by atomic mass is 10.2. The van der Waals surface area contributed by atoms with Gasteiger partial charge in [0, 0.05) is 0 Å². The van der Waals surface area contributed by atoms with Crippen molar-refractivity contribution in [3.05, 3.63) is 0 Å². The number of rotatable bonds is 6. The van der Waals surface area contributed by atoms with E-state index in [1.807, 2.05) is 0 Å². The third kappa shape index (κ3) is 8.03. The minimum absolute atomic E-state index is 0.348. The molecule has 0 fully saturated rings. The Morgan fingerprint density at radius 2 is 1.82 bits per heavy atom. The summed E-state index contributed by atoms with van der Waals surface area (Å²) in [7, 11) is 0. The fourth-order valence-electron chi connectivity index (χ4n) is 0.696. The Morgan fingerprint density at radius 3 is 2.29 bits per heavy atom. The second-order valence-corrected chi connectivity index (χ2v) is 3.34. The number of hydrogen-bond acceptors (Lipinski definition) is 7. The summed E-state index contributed by atoms with van der Waals surface area (Å²) < 4.78 is 13.4. The van der Waals surface area contributed by atoms with Gasteiger partial charge < -0.3 is 25.1 Å². The van der Waals surface area contributed by atoms with Gasteiger partial charge in [-0.1, -0.05) is 0 Å². The number of nitrogens with two attached hydrogens (primary N) is 1. The largest absolute Gasteiger partial charge is 0.511 e. The number of carboxylic acids is 1. The van der Waals surface area contributed by atoms with E-state index in [0.717, 1.165) is 0 Å². The average Bonchev–Trinajstić information content (AvgIpc) is 2.15. The molecule has 0 aromatic rings. The summed E-state index contributed by atoms with van der Waals surface area (Å²) in [5.74, 6) is -2.20. The van der Waals surface area contributed by atoms with Crippen molar-refractivity contribution in [3.63, 3.8) is 0 Å². The van der Waals surface area contributed by atoms with Gasteiger partial charge in [-0.15, -0.1) is 0 Å². The summed E-state index contributed by atoms with van der Waals surface area (Å²) in [6.45, 7) is 2.61. The molecule has 1 atom stereocenters. The highest BCUT2D eigenvalue weighted by Crippen LogP contribution is 1.96. The third-order valence-electron chi connectivity index (χ3n) is 1.43. The number of carbonyl (C=O) groups excluding carboxylic acids is 2. The van der Waals surface area contributed by atoms with Gasteiger partial charge in [-0.05, 0) is 13.8 Å². The van der Waals surface area contributed by atoms with E-state index in [4.69, 9.17) is 10.8 Å². The van der Waals surface area contributed by atoms with Gasteiger partial charge in [-0.3, -0.25) is 9.59 Å². The molecule has 0 saturated heterocycles. The van der Waals surface area contributed by atoms with Gasteiger partial charge in [-0.2, -0.15) is 0 Å². The number of hydrogen-bond donors (Lipinski definition) is 2. The van der Waals surface area contributed by atoms with E-state index in [0.29, 0.717) is 0 Å². The van der Waals surface area contributed by atoms with Gasteiger partial charge in [-0.25, -0.2) is 4.79 Å². The summed E-state index contributed by atoms with van der Waals surface area (Å²) in [6.07, 6.45) is -1.83. The zero-order valence-corrected chi connectivity index (χ0v) is 9.54. The molecule has 8 heteroatoms. The maximum absolute atomic E-state index is 11.0. The van der Waals surface area contributed by atoms with Crippen LogP contribution in [0.25, 0.3) is 0 Å². The molecule has 17 heavy (non-hydrogen) atoms. The predicted octanol–water partition coefficient (Wildman–Crippen LogP) is -0.149. The van der Waals surface area contributed by atoms with Crippen LogP contribution in [-0.2, 0) is 23.8 Å². The summed E-state index contributed by atoms with van der Waals surface area (Å²) in [4.78, 5) is 32.1. The van der Waals surface area contributed by atoms with Crippen molar-refractivity contribution < 1.29 is 33.7 Å². The number of aliphatic carboxylic acids is 1. The van der Waals surface area contributed by atoms with Crippen molar-refractivity contribution in [2.24, 2.45) is 5.73 Å². The molecule has 0 aromatic heterocycles. The van der Waals surface area contributed by atoms with E-state index in [-0.39, 0.29) is 6.10 Å². The maximum Gasteiger partial charge on any atom is 0.511 e. The molecule has 0 aromatic carbocycles. The van der Waals surface area contributed by atoms with Crippen LogP contribution in [0.2, 0.25) is 0 Å². The molecule has 0 radical (unpaired) electrons. The molecule has 0 spiro atoms. The molecule has 0 aliphatic carbocycles. The second kappa shape index (κ2) is 7.44. The monoisotopic (exact) mass is 249 g/mol. The van der Waals surface area contributed by atoms with E-state index in [1.54, 1.807) is 13.8 Å². The first-order valence-corrected chi connectivity index (χ1v) is 4.80. The van der Waals surface area contributed by atoms with Crippen molar-refractivity contribution in [1.82, 2.24) is 0 Å². The molecule has 0 aliphatic heterocycles. The second-order valence-electron chi connectivity index (χ2n) is 3.34. The zero-order chi connectivity index (χ0) is 13.4. The average molecular weight is 249 g/mol. The molecule has 8 nitrogen and oxygen atoms in total. The number of ether oxygens (including phenoxy) is 3. The molecule has 0 amide bonds. The molecule has 0 aliphatic rings. The Labute approximate surface area is 97.6 Å². The summed E-state index contributed by atoms with van der Waals surface area (Å²) >= 11 is 0. The molecule has 0 saturated carbocycles. The van der Waals surface area contributed by atoms with Crippen molar-refractivity contribution in [3.8, 4) is 0 Å². The lowest BCUT2D eigenvalue weighted by Crippen LogP contribution is -2.33. The minimum Gasteiger partial charge on any atom is -0.480 e. The number of carbonyl (C=O) groups is 3. The van der Waals surface area contributed by atoms with Crippen LogP contribution < -0.4 is 5.73 Å². The van der Waals surface area contributed by atoms with E-state index < -0.39 is 37.3 Å². The predicted molar refractivity (Wildman–Crippen MR) is 53.9 cm³/mol. The van der Waals surface area contributed by atoms with Crippen molar-refractivity contribution in [2.75, 3.05) is 6.79 Å². The summed E-state index contributed by atoms with van der Waals surface area (Å²) in [5.41, 5.74) is 5.08. The molecule has 98 valence electrons. The van der Waals surface area contributed by atoms with Crippen molar-refractivity contribution in [2.45, 2.75) is 32.4 Å². The van der Waals surface area contributed by atoms with Gasteiger partial charge in [0.2, 0.25) is 6.79 Å². The quantitative estimate of drug-likeness (QED) is 0.491. The van der Waals surface area contributed by atoms with Crippen molar-refractivity contribution >= 4 is 18.1 Å². The van der Waals surface area contributed by atoms with Crippen LogP contribution >= 0.6 is 0 Å². The Kier molecular flexibility index (Phi) is 6.64. The molecule has 3 N–H and O–H groups in total. The molecule has 0 rings (SSSR count). The Bertz CT molecular complexity index is 289. The van der Waals surface area contributed by atoms with Gasteiger partial charge in [0.25, 0.3) is 0 Å². The van der Waals surface area contributed by atoms with E-state index >= 15 is 0 Å². The van der Waals surface area contributed by atoms with E-state index in [9.17, 15) is 14.4 Å². The van der Waals surface area contributed by atoms with Crippen LogP contribution in [0.15, 0.2) is 0 Å². The number of esters is 1. The van der Waals surface area contributed by atoms with Crippen molar-refractivity contribution in [1.29, 1.82) is 0 Å². The summed E-state index contributed by atoms with van der Waals surface area (Å²) in [5, 5.41) is 8.41. The van der Waals surface area contributed by atoms with Crippen LogP contribution in [0.5, 0.6) is 0 Å². The van der Waals surface area contributed by atoms with Gasteiger partial charge in [0.05, 0.1) is 12.5 Å². The molecule has 0 bridgehead atoms. The van der Waals surface area contributed by atoms with Crippen LogP contribution in [0.3, 0.4) is 0 Å². The van der Waals surface area contributed by atoms with E-state index in [1.165, 1.54) is 0 Å².